The number of fused-ring (bicyclic) bond motifs is 6. The number of piperidine rings is 1. The highest BCUT2D eigenvalue weighted by atomic mass is 16.6. The number of anilines is 4. The fourth-order valence-corrected chi connectivity index (χ4v) is 18.7. The number of ether oxygens (including phenoxy) is 9. The van der Waals surface area contributed by atoms with Gasteiger partial charge in [0.1, 0.15) is 59.6 Å². The van der Waals surface area contributed by atoms with Gasteiger partial charge in [-0.05, 0) is 142 Å². The number of ketones is 3. The molecule has 12 N–H and O–H groups in total. The largest absolute Gasteiger partial charge is 0.459 e. The molecule has 16 atom stereocenters. The smallest absolute Gasteiger partial charge is 0.407 e. The molecule has 40 heteroatoms. The molecule has 4 amide bonds. The molecule has 40 nitrogen and oxygen atoms in total. The van der Waals surface area contributed by atoms with Crippen molar-refractivity contribution in [2.75, 3.05) is 134 Å². The standard InChI is InChI=1S/C98H132N18O22/c1-58-14-10-9-11-15-59(2)79(129-7)46-72-22-17-63(6)98(128,138-72)88(123)92(125)115-28-13-12-16-75(115)93(126)135-80(47-76(118)60(3)41-62(5)86(121)87(122)85(120)61(4)40-58)73(99)43-64-19-23-78(81(44-64)130-8)137-97(127)107-50-66-48-103-96(104-49-66)114-31-30-113(55-71(114)56-117)95-105-51-70(52-106-95)91(124)102-27-33-132-35-37-134-39-38-133-36-34-131-32-26-82(119)112-29-25-67-42-65(18-20-69(67)54-112)53-116-90-83(89(100)108-57-109-90)84(111-116)68-21-24-77-74(45-68)110-94(101)136-77/h9-11,14-15,18,20-21,24,41-42,45,48-49,51-52,57-58,60-61,63-64,71-73,75,78-81,86-87,117,121-122,128H,12-13,16-17,19,22-23,25-40,43-44,46-47,50,53-56,99H2,1-8H3,(H2,101,110)(H,102,124)(H,107,127)(H2,100,108,109)/b11-9+,14-10+,59-15+,62-41+/t58-,60-,61-,63-,64+,71?,72+,73-,75+,78-,79+,80+,81-,86-,87+,98-/m1/s1. The average Bonchev–Trinajstić information content (AvgIpc) is 1.54. The van der Waals surface area contributed by atoms with Gasteiger partial charge in [0.25, 0.3) is 23.6 Å². The minimum Gasteiger partial charge on any atom is -0.459 e. The fraction of sp³-hybridized carbons (Fsp3) is 0.571. The van der Waals surface area contributed by atoms with Gasteiger partial charge < -0.3 is 115 Å². The summed E-state index contributed by atoms with van der Waals surface area (Å²) in [6, 6.07) is 9.10. The number of oxazole rings is 1. The zero-order valence-electron chi connectivity index (χ0n) is 79.8. The molecule has 7 aromatic rings. The number of carbonyl (C=O) groups is 8. The van der Waals surface area contributed by atoms with Gasteiger partial charge in [-0.2, -0.15) is 10.1 Å². The molecule has 2 bridgehead atoms. The van der Waals surface area contributed by atoms with Crippen LogP contribution in [0.1, 0.15) is 158 Å². The van der Waals surface area contributed by atoms with Gasteiger partial charge in [0.2, 0.25) is 23.6 Å². The van der Waals surface area contributed by atoms with Crippen molar-refractivity contribution in [2.45, 2.75) is 218 Å². The number of methoxy groups -OCH3 is 2. The van der Waals surface area contributed by atoms with Crippen LogP contribution in [0.25, 0.3) is 33.4 Å². The van der Waals surface area contributed by atoms with Crippen LogP contribution in [0, 0.1) is 29.6 Å². The van der Waals surface area contributed by atoms with Crippen LogP contribution in [0.5, 0.6) is 0 Å². The topological polar surface area (TPSA) is 537 Å². The van der Waals surface area contributed by atoms with E-state index in [0.717, 1.165) is 27.2 Å². The van der Waals surface area contributed by atoms with Crippen LogP contribution < -0.4 is 37.6 Å². The van der Waals surface area contributed by atoms with Gasteiger partial charge in [0.15, 0.2) is 17.0 Å². The van der Waals surface area contributed by atoms with E-state index in [1.165, 1.54) is 44.4 Å². The number of piperazine rings is 1. The number of aliphatic hydroxyl groups is 4. The number of amides is 4. The number of nitrogen functional groups attached to an aromatic ring is 2. The first kappa shape index (κ1) is 104. The Kier molecular flexibility index (Phi) is 37.1. The maximum atomic E-state index is 14.7. The molecular weight excluding hydrogens is 1780 g/mol. The number of aromatic nitrogens is 9. The summed E-state index contributed by atoms with van der Waals surface area (Å²) >= 11 is 0. The molecule has 10 heterocycles. The first-order chi connectivity index (χ1) is 66.5. The summed E-state index contributed by atoms with van der Waals surface area (Å²) in [5.74, 6) is -8.83. The Morgan fingerprint density at radius 1 is 0.717 bits per heavy atom. The van der Waals surface area contributed by atoms with Gasteiger partial charge >= 0.3 is 12.1 Å². The molecule has 6 aliphatic rings. The van der Waals surface area contributed by atoms with Gasteiger partial charge in [-0.3, -0.25) is 28.8 Å². The molecule has 1 aliphatic carbocycles. The minimum atomic E-state index is -2.53. The number of carbonyl (C=O) groups excluding carboxylic acids is 8. The summed E-state index contributed by atoms with van der Waals surface area (Å²) in [6.45, 7) is 15.4. The molecule has 1 unspecified atom stereocenters. The van der Waals surface area contributed by atoms with Crippen LogP contribution in [0.15, 0.2) is 120 Å². The van der Waals surface area contributed by atoms with E-state index in [4.69, 9.17) is 69.3 Å². The quantitative estimate of drug-likeness (QED) is 0.0102. The lowest BCUT2D eigenvalue weighted by molar-refractivity contribution is -0.265. The van der Waals surface area contributed by atoms with E-state index in [0.29, 0.717) is 188 Å². The maximum absolute atomic E-state index is 14.7. The van der Waals surface area contributed by atoms with Crippen molar-refractivity contribution in [3.8, 4) is 11.3 Å². The lowest BCUT2D eigenvalue weighted by atomic mass is 9.80. The molecule has 3 saturated heterocycles. The van der Waals surface area contributed by atoms with Crippen molar-refractivity contribution in [3.63, 3.8) is 0 Å². The zero-order valence-corrected chi connectivity index (χ0v) is 79.8. The number of cyclic esters (lactones) is 1. The molecule has 138 heavy (non-hydrogen) atoms. The summed E-state index contributed by atoms with van der Waals surface area (Å²) in [4.78, 5) is 150. The Hall–Kier alpha value is -11.5. The first-order valence-corrected chi connectivity index (χ1v) is 47.7. The van der Waals surface area contributed by atoms with Crippen molar-refractivity contribution in [1.82, 2.24) is 65.1 Å². The second kappa shape index (κ2) is 49.3. The van der Waals surface area contributed by atoms with Crippen LogP contribution in [0.3, 0.4) is 0 Å². The lowest BCUT2D eigenvalue weighted by Gasteiger charge is -2.42. The van der Waals surface area contributed by atoms with Crippen LogP contribution in [0.4, 0.5) is 28.5 Å². The number of benzene rings is 2. The summed E-state index contributed by atoms with van der Waals surface area (Å²) < 4.78 is 60.2. The fourth-order valence-electron chi connectivity index (χ4n) is 18.7. The molecule has 1 saturated carbocycles. The Balaban J connectivity index is 0.499. The number of nitrogens with one attached hydrogen (secondary N) is 2. The number of allylic oxidation sites excluding steroid dienone is 6. The third kappa shape index (κ3) is 26.9. The number of hydrogen-bond donors (Lipinski definition) is 9. The van der Waals surface area contributed by atoms with Crippen LogP contribution in [-0.4, -0.2) is 302 Å². The zero-order chi connectivity index (χ0) is 98.3. The minimum absolute atomic E-state index is 0.00795. The summed E-state index contributed by atoms with van der Waals surface area (Å²) in [6.07, 6.45) is 14.6. The van der Waals surface area contributed by atoms with Gasteiger partial charge in [0, 0.05) is 139 Å². The average molecular weight is 1910 g/mol. The third-order valence-corrected chi connectivity index (χ3v) is 26.8. The number of alkyl carbamates (subject to hydrolysis) is 1. The number of rotatable bonds is 30. The van der Waals surface area contributed by atoms with Gasteiger partial charge in [-0.25, -0.2) is 44.2 Å². The molecular formula is C98H132N18O22. The predicted octanol–water partition coefficient (Wildman–Crippen LogP) is 6.35. The van der Waals surface area contributed by atoms with Crippen molar-refractivity contribution in [2.24, 2.45) is 35.3 Å². The lowest BCUT2D eigenvalue weighted by Crippen LogP contribution is -2.61. The molecule has 13 rings (SSSR count). The van der Waals surface area contributed by atoms with E-state index < -0.39 is 126 Å². The molecule has 0 radical (unpaired) electrons. The summed E-state index contributed by atoms with van der Waals surface area (Å²) in [5, 5.41) is 56.5. The summed E-state index contributed by atoms with van der Waals surface area (Å²) in [5.41, 5.74) is 27.5. The molecule has 4 fully saturated rings. The van der Waals surface area contributed by atoms with E-state index in [-0.39, 0.29) is 106 Å². The van der Waals surface area contributed by atoms with Crippen molar-refractivity contribution in [3.05, 3.63) is 143 Å². The second-order valence-corrected chi connectivity index (χ2v) is 36.8. The van der Waals surface area contributed by atoms with Crippen molar-refractivity contribution < 1.29 is 106 Å². The van der Waals surface area contributed by atoms with E-state index in [9.17, 15) is 58.8 Å². The van der Waals surface area contributed by atoms with Crippen LogP contribution >= 0.6 is 0 Å². The number of aliphatic hydroxyl groups excluding tert-OH is 3. The van der Waals surface area contributed by atoms with Crippen molar-refractivity contribution in [1.29, 1.82) is 0 Å². The van der Waals surface area contributed by atoms with Gasteiger partial charge in [0.05, 0.1) is 108 Å². The number of esters is 1. The Morgan fingerprint density at radius 3 is 2.20 bits per heavy atom. The SMILES string of the molecule is CO[C@H]1C[C@@H]2CC[C@@H](C)[C@@](O)(O2)C(=O)C(=O)N2CCCC[C@H]2C(=O)O[C@H]([C@H](N)C[C@@H]2CC[C@@H](OC(=O)NCc3cnc(N4CCN(c5ncc(C(=O)NCCOCCOCCOCCOCCC(=O)N6CCc7cc(Cn8nc(-c9ccc%10oc(N)nc%10c9)c9c(N)ncnc98)ccc7C6)cn5)CC4CO)nc3)[C@H](OC)C2)CC(=O)[C@H](C)/C=C(\C)[C@@H](O)[C@@H](O)C(=O)[C@H](C)C[C@H](C)/C=C/C=C/C=C/1C. The van der Waals surface area contributed by atoms with Gasteiger partial charge in [-0.15, -0.1) is 0 Å². The third-order valence-electron chi connectivity index (χ3n) is 26.8. The second-order valence-electron chi connectivity index (χ2n) is 36.8. The molecule has 5 aromatic heterocycles. The molecule has 0 spiro atoms. The Morgan fingerprint density at radius 2 is 1.46 bits per heavy atom. The van der Waals surface area contributed by atoms with E-state index in [2.05, 4.69) is 57.7 Å². The van der Waals surface area contributed by atoms with Crippen LogP contribution in [-0.2, 0) is 97.5 Å². The first-order valence-electron chi connectivity index (χ1n) is 47.7. The Bertz CT molecular complexity index is 5460. The van der Waals surface area contributed by atoms with Gasteiger partial charge in [-0.1, -0.05) is 82.4 Å². The molecule has 2 aromatic carbocycles. The predicted molar refractivity (Wildman–Crippen MR) is 507 cm³/mol. The van der Waals surface area contributed by atoms with Crippen molar-refractivity contribution >= 4 is 93.0 Å². The highest BCUT2D eigenvalue weighted by molar-refractivity contribution is 6.39. The Labute approximate surface area is 801 Å². The molecule has 5 aliphatic heterocycles. The van der Waals surface area contributed by atoms with E-state index in [1.54, 1.807) is 46.3 Å². The highest BCUT2D eigenvalue weighted by Crippen LogP contribution is 2.40. The number of nitrogens with zero attached hydrogens (tertiary/aromatic N) is 13. The summed E-state index contributed by atoms with van der Waals surface area (Å²) in [7, 11) is 3.04. The normalized spacial score (nSPS) is 26.9. The number of hydrogen-bond acceptors (Lipinski definition) is 35. The van der Waals surface area contributed by atoms with Crippen LogP contribution in [0.2, 0.25) is 0 Å². The molecule has 746 valence electrons. The maximum Gasteiger partial charge on any atom is 0.407 e. The van der Waals surface area contributed by atoms with E-state index in [1.807, 2.05) is 81.8 Å². The highest BCUT2D eigenvalue weighted by Gasteiger charge is 2.54. The number of Topliss-reactive ketones (excluding diaryl/α,β-unsaturated/α-hetero) is 3. The number of nitrogens with two attached hydrogens (primary N) is 3. The monoisotopic (exact) mass is 1910 g/mol. The van der Waals surface area contributed by atoms with E-state index >= 15 is 0 Å².